The van der Waals surface area contributed by atoms with Crippen molar-refractivity contribution < 1.29 is 13.9 Å². The first-order valence-electron chi connectivity index (χ1n) is 10.2. The lowest BCUT2D eigenvalue weighted by atomic mass is 9.96. The van der Waals surface area contributed by atoms with E-state index in [0.717, 1.165) is 37.3 Å². The van der Waals surface area contributed by atoms with Crippen LogP contribution in [0.5, 0.6) is 0 Å². The van der Waals surface area contributed by atoms with Crippen LogP contribution in [0, 0.1) is 11.6 Å². The number of β-amino-alcohol motifs (C(OH)–C–C–N with tert-alkyl or cyclic N) is 1. The molecular formula is C23H26F2N4O. The Morgan fingerprint density at radius 3 is 1.90 bits per heavy atom. The van der Waals surface area contributed by atoms with Gasteiger partial charge in [0, 0.05) is 45.1 Å². The first-order valence-corrected chi connectivity index (χ1v) is 10.2. The fraction of sp³-hybridized carbons (Fsp3) is 0.348. The molecular weight excluding hydrogens is 386 g/mol. The molecule has 2 heterocycles. The third-order valence-electron chi connectivity index (χ3n) is 5.57. The zero-order valence-corrected chi connectivity index (χ0v) is 16.7. The molecule has 1 N–H and O–H groups in total. The highest BCUT2D eigenvalue weighted by Gasteiger charge is 2.27. The smallest absolute Gasteiger partial charge is 0.123 e. The van der Waals surface area contributed by atoms with E-state index in [1.54, 1.807) is 35.1 Å². The normalized spacial score (nSPS) is 16.8. The summed E-state index contributed by atoms with van der Waals surface area (Å²) in [7, 11) is 0. The van der Waals surface area contributed by atoms with Crippen LogP contribution < -0.4 is 0 Å². The molecule has 1 fully saturated rings. The van der Waals surface area contributed by atoms with Gasteiger partial charge in [-0.2, -0.15) is 5.10 Å². The zero-order chi connectivity index (χ0) is 20.9. The van der Waals surface area contributed by atoms with E-state index in [2.05, 4.69) is 14.9 Å². The van der Waals surface area contributed by atoms with E-state index in [4.69, 9.17) is 0 Å². The lowest BCUT2D eigenvalue weighted by molar-refractivity contribution is 0.0541. The molecule has 2 aromatic carbocycles. The third kappa shape index (κ3) is 5.11. The van der Waals surface area contributed by atoms with E-state index >= 15 is 0 Å². The van der Waals surface area contributed by atoms with E-state index in [0.29, 0.717) is 13.1 Å². The summed E-state index contributed by atoms with van der Waals surface area (Å²) in [6.07, 6.45) is 3.06. The fourth-order valence-corrected chi connectivity index (χ4v) is 4.09. The molecule has 1 aliphatic heterocycles. The molecule has 4 rings (SSSR count). The molecule has 158 valence electrons. The summed E-state index contributed by atoms with van der Waals surface area (Å²) in [6.45, 7) is 4.29. The fourth-order valence-electron chi connectivity index (χ4n) is 4.09. The Balaban J connectivity index is 1.42. The van der Waals surface area contributed by atoms with Gasteiger partial charge in [0.2, 0.25) is 0 Å². The van der Waals surface area contributed by atoms with Crippen LogP contribution >= 0.6 is 0 Å². The molecule has 0 bridgehead atoms. The second kappa shape index (κ2) is 9.47. The van der Waals surface area contributed by atoms with Gasteiger partial charge in [0.15, 0.2) is 0 Å². The van der Waals surface area contributed by atoms with Crippen molar-refractivity contribution in [2.75, 3.05) is 32.7 Å². The quantitative estimate of drug-likeness (QED) is 0.648. The lowest BCUT2D eigenvalue weighted by Crippen LogP contribution is -2.50. The average molecular weight is 412 g/mol. The van der Waals surface area contributed by atoms with Gasteiger partial charge in [-0.1, -0.05) is 24.3 Å². The molecule has 1 aliphatic rings. The van der Waals surface area contributed by atoms with Gasteiger partial charge >= 0.3 is 0 Å². The molecule has 0 unspecified atom stereocenters. The van der Waals surface area contributed by atoms with Crippen molar-refractivity contribution >= 4 is 0 Å². The number of nitrogens with zero attached hydrogens (tertiary/aromatic N) is 4. The molecule has 5 nitrogen and oxygen atoms in total. The number of hydrogen-bond donors (Lipinski definition) is 1. The third-order valence-corrected chi connectivity index (χ3v) is 5.57. The summed E-state index contributed by atoms with van der Waals surface area (Å²) in [6, 6.07) is 14.8. The molecule has 0 amide bonds. The number of aliphatic hydroxyl groups is 1. The van der Waals surface area contributed by atoms with Crippen molar-refractivity contribution in [2.45, 2.75) is 18.7 Å². The van der Waals surface area contributed by atoms with Crippen molar-refractivity contribution in [2.24, 2.45) is 0 Å². The van der Waals surface area contributed by atoms with Crippen molar-refractivity contribution in [1.82, 2.24) is 19.6 Å². The van der Waals surface area contributed by atoms with Crippen LogP contribution in [0.25, 0.3) is 0 Å². The van der Waals surface area contributed by atoms with Gasteiger partial charge in [-0.05, 0) is 41.5 Å². The van der Waals surface area contributed by atoms with Crippen LogP contribution in [0.2, 0.25) is 0 Å². The number of piperazine rings is 1. The molecule has 7 heteroatoms. The number of hydrogen-bond acceptors (Lipinski definition) is 4. The largest absolute Gasteiger partial charge is 0.390 e. The maximum absolute atomic E-state index is 13.5. The highest BCUT2D eigenvalue weighted by Crippen LogP contribution is 2.30. The lowest BCUT2D eigenvalue weighted by Gasteiger charge is -2.40. The Labute approximate surface area is 175 Å². The van der Waals surface area contributed by atoms with Gasteiger partial charge in [-0.25, -0.2) is 8.78 Å². The second-order valence-corrected chi connectivity index (χ2v) is 7.72. The minimum absolute atomic E-state index is 0.0673. The van der Waals surface area contributed by atoms with Crippen LogP contribution in [0.3, 0.4) is 0 Å². The highest BCUT2D eigenvalue weighted by atomic mass is 19.1. The molecule has 0 aliphatic carbocycles. The topological polar surface area (TPSA) is 44.5 Å². The van der Waals surface area contributed by atoms with Crippen molar-refractivity contribution in [3.63, 3.8) is 0 Å². The maximum atomic E-state index is 13.5. The van der Waals surface area contributed by atoms with Crippen LogP contribution in [0.15, 0.2) is 67.0 Å². The number of benzene rings is 2. The van der Waals surface area contributed by atoms with Crippen LogP contribution in [-0.2, 0) is 6.54 Å². The Morgan fingerprint density at radius 2 is 1.40 bits per heavy atom. The first kappa shape index (κ1) is 20.7. The van der Waals surface area contributed by atoms with Gasteiger partial charge < -0.3 is 5.11 Å². The Hall–Kier alpha value is -2.61. The molecule has 0 spiro atoms. The van der Waals surface area contributed by atoms with Gasteiger partial charge in [0.1, 0.15) is 11.6 Å². The maximum Gasteiger partial charge on any atom is 0.123 e. The second-order valence-electron chi connectivity index (χ2n) is 7.72. The molecule has 0 radical (unpaired) electrons. The molecule has 0 saturated carbocycles. The summed E-state index contributed by atoms with van der Waals surface area (Å²) in [5.74, 6) is -0.541. The number of rotatable bonds is 7. The van der Waals surface area contributed by atoms with Gasteiger partial charge in [-0.3, -0.25) is 14.5 Å². The molecule has 1 atom stereocenters. The predicted molar refractivity (Wildman–Crippen MR) is 111 cm³/mol. The van der Waals surface area contributed by atoms with Crippen LogP contribution in [-0.4, -0.2) is 63.5 Å². The van der Waals surface area contributed by atoms with E-state index in [9.17, 15) is 13.9 Å². The Bertz CT molecular complexity index is 862. The van der Waals surface area contributed by atoms with Gasteiger partial charge in [-0.15, -0.1) is 0 Å². The highest BCUT2D eigenvalue weighted by molar-refractivity contribution is 5.32. The predicted octanol–water partition coefficient (Wildman–Crippen LogP) is 2.93. The summed E-state index contributed by atoms with van der Waals surface area (Å²) < 4.78 is 28.6. The van der Waals surface area contributed by atoms with E-state index < -0.39 is 6.10 Å². The summed E-state index contributed by atoms with van der Waals surface area (Å²) in [4.78, 5) is 4.58. The SMILES string of the molecule is O[C@@H](CN1CCN(C(c2ccc(F)cc2)c2ccc(F)cc2)CC1)Cn1cccn1. The average Bonchev–Trinajstić information content (AvgIpc) is 3.25. The first-order chi connectivity index (χ1) is 14.6. The molecule has 30 heavy (non-hydrogen) atoms. The standard InChI is InChI=1S/C23H26F2N4O/c24-20-6-2-18(3-7-20)23(19-4-8-21(25)9-5-19)28-14-12-27(13-15-28)16-22(30)17-29-11-1-10-26-29/h1-11,22-23,30H,12-17H2/t22-/m0/s1. The van der Waals surface area contributed by atoms with Crippen molar-refractivity contribution in [3.8, 4) is 0 Å². The summed E-state index contributed by atoms with van der Waals surface area (Å²) in [5.41, 5.74) is 1.96. The van der Waals surface area contributed by atoms with E-state index in [1.165, 1.54) is 24.3 Å². The number of aromatic nitrogens is 2. The summed E-state index contributed by atoms with van der Waals surface area (Å²) >= 11 is 0. The Morgan fingerprint density at radius 1 is 0.833 bits per heavy atom. The Kier molecular flexibility index (Phi) is 6.52. The molecule has 1 aromatic heterocycles. The van der Waals surface area contributed by atoms with Crippen molar-refractivity contribution in [1.29, 1.82) is 0 Å². The number of halogens is 2. The van der Waals surface area contributed by atoms with E-state index in [1.807, 2.05) is 12.3 Å². The van der Waals surface area contributed by atoms with Gasteiger partial charge in [0.05, 0.1) is 18.7 Å². The number of aliphatic hydroxyl groups excluding tert-OH is 1. The van der Waals surface area contributed by atoms with Gasteiger partial charge in [0.25, 0.3) is 0 Å². The zero-order valence-electron chi connectivity index (χ0n) is 16.7. The molecule has 3 aromatic rings. The van der Waals surface area contributed by atoms with Crippen molar-refractivity contribution in [3.05, 3.63) is 89.8 Å². The van der Waals surface area contributed by atoms with Crippen LogP contribution in [0.4, 0.5) is 8.78 Å². The monoisotopic (exact) mass is 412 g/mol. The summed E-state index contributed by atoms with van der Waals surface area (Å²) in [5, 5.41) is 14.5. The van der Waals surface area contributed by atoms with E-state index in [-0.39, 0.29) is 17.7 Å². The molecule has 1 saturated heterocycles. The minimum atomic E-state index is -0.485. The van der Waals surface area contributed by atoms with Crippen LogP contribution in [0.1, 0.15) is 17.2 Å². The minimum Gasteiger partial charge on any atom is -0.390 e.